The van der Waals surface area contributed by atoms with Crippen molar-refractivity contribution < 1.29 is 0 Å². The van der Waals surface area contributed by atoms with Gasteiger partial charge in [0.05, 0.1) is 0 Å². The van der Waals surface area contributed by atoms with E-state index in [0.29, 0.717) is 12.0 Å². The quantitative estimate of drug-likeness (QED) is 0.824. The van der Waals surface area contributed by atoms with E-state index in [0.717, 1.165) is 19.5 Å². The van der Waals surface area contributed by atoms with Crippen LogP contribution in [0.1, 0.15) is 56.2 Å². The van der Waals surface area contributed by atoms with Crippen LogP contribution in [-0.4, -0.2) is 27.9 Å². The molecule has 0 aromatic carbocycles. The molecule has 1 aromatic heterocycles. The normalized spacial score (nSPS) is 25.9. The first-order valence-corrected chi connectivity index (χ1v) is 6.54. The van der Waals surface area contributed by atoms with E-state index < -0.39 is 0 Å². The van der Waals surface area contributed by atoms with Gasteiger partial charge in [-0.2, -0.15) is 0 Å². The number of piperidine rings is 1. The monoisotopic (exact) mass is 220 g/mol. The van der Waals surface area contributed by atoms with E-state index in [-0.39, 0.29) is 0 Å². The van der Waals surface area contributed by atoms with E-state index in [1.165, 1.54) is 37.3 Å². The van der Waals surface area contributed by atoms with E-state index in [2.05, 4.69) is 27.0 Å². The van der Waals surface area contributed by atoms with E-state index in [4.69, 9.17) is 0 Å². The molecule has 0 aliphatic carbocycles. The molecule has 4 nitrogen and oxygen atoms in total. The molecule has 1 atom stereocenters. The van der Waals surface area contributed by atoms with E-state index in [1.807, 2.05) is 0 Å². The summed E-state index contributed by atoms with van der Waals surface area (Å²) in [4.78, 5) is 0. The molecule has 1 aromatic rings. The van der Waals surface area contributed by atoms with E-state index in [1.54, 1.807) is 0 Å². The van der Waals surface area contributed by atoms with Gasteiger partial charge in [-0.05, 0) is 38.8 Å². The molecule has 3 rings (SSSR count). The Hall–Kier alpha value is -0.900. The summed E-state index contributed by atoms with van der Waals surface area (Å²) in [6, 6.07) is 0.662. The fourth-order valence-corrected chi connectivity index (χ4v) is 3.08. The smallest absolute Gasteiger partial charge is 0.136 e. The van der Waals surface area contributed by atoms with Gasteiger partial charge in [-0.1, -0.05) is 6.92 Å². The number of hydrogen-bond donors (Lipinski definition) is 1. The molecule has 0 bridgehead atoms. The zero-order valence-corrected chi connectivity index (χ0v) is 9.95. The summed E-state index contributed by atoms with van der Waals surface area (Å²) in [7, 11) is 0. The fourth-order valence-electron chi connectivity index (χ4n) is 3.08. The molecule has 2 aliphatic rings. The van der Waals surface area contributed by atoms with Crippen LogP contribution in [0.4, 0.5) is 0 Å². The molecule has 0 spiro atoms. The first-order chi connectivity index (χ1) is 7.90. The lowest BCUT2D eigenvalue weighted by molar-refractivity contribution is 0.407. The predicted molar refractivity (Wildman–Crippen MR) is 62.5 cm³/mol. The maximum atomic E-state index is 4.44. The van der Waals surface area contributed by atoms with Gasteiger partial charge in [-0.3, -0.25) is 0 Å². The molecule has 88 valence electrons. The summed E-state index contributed by atoms with van der Waals surface area (Å²) in [5, 5.41) is 12.2. The first kappa shape index (κ1) is 10.3. The Balaban J connectivity index is 1.90. The minimum absolute atomic E-state index is 0.634. The Bertz CT molecular complexity index is 365. The Kier molecular flexibility index (Phi) is 2.67. The number of nitrogens with one attached hydrogen (secondary N) is 1. The molecular weight excluding hydrogens is 200 g/mol. The Morgan fingerprint density at radius 1 is 1.25 bits per heavy atom. The topological polar surface area (TPSA) is 42.7 Å². The third kappa shape index (κ3) is 1.56. The zero-order valence-electron chi connectivity index (χ0n) is 9.95. The van der Waals surface area contributed by atoms with Crippen molar-refractivity contribution in [2.75, 3.05) is 13.1 Å². The molecule has 1 N–H and O–H groups in total. The largest absolute Gasteiger partial charge is 0.317 e. The summed E-state index contributed by atoms with van der Waals surface area (Å²) < 4.78 is 2.44. The van der Waals surface area contributed by atoms with Crippen molar-refractivity contribution in [2.45, 2.75) is 51.0 Å². The Morgan fingerprint density at radius 3 is 2.81 bits per heavy atom. The SMILES string of the molecule is CCC1CCc2nnc(C3CCNCC3)n21. The number of rotatable bonds is 2. The highest BCUT2D eigenvalue weighted by Crippen LogP contribution is 2.33. The van der Waals surface area contributed by atoms with Crippen molar-refractivity contribution in [2.24, 2.45) is 0 Å². The number of nitrogens with zero attached hydrogens (tertiary/aromatic N) is 3. The Morgan fingerprint density at radius 2 is 2.06 bits per heavy atom. The summed E-state index contributed by atoms with van der Waals surface area (Å²) >= 11 is 0. The average molecular weight is 220 g/mol. The summed E-state index contributed by atoms with van der Waals surface area (Å²) in [5.41, 5.74) is 0. The standard InChI is InChI=1S/C12H20N4/c1-2-10-3-4-11-14-15-12(16(10)11)9-5-7-13-8-6-9/h9-10,13H,2-8H2,1H3. The molecule has 16 heavy (non-hydrogen) atoms. The van der Waals surface area contributed by atoms with Gasteiger partial charge >= 0.3 is 0 Å². The van der Waals surface area contributed by atoms with Gasteiger partial charge in [-0.15, -0.1) is 10.2 Å². The third-order valence-electron chi connectivity index (χ3n) is 4.03. The van der Waals surface area contributed by atoms with Crippen LogP contribution in [0, 0.1) is 0 Å². The minimum Gasteiger partial charge on any atom is -0.317 e. The molecule has 3 heterocycles. The van der Waals surface area contributed by atoms with Crippen LogP contribution in [0.25, 0.3) is 0 Å². The van der Waals surface area contributed by atoms with Gasteiger partial charge in [0.1, 0.15) is 11.6 Å². The molecule has 0 saturated carbocycles. The lowest BCUT2D eigenvalue weighted by Gasteiger charge is -2.24. The van der Waals surface area contributed by atoms with Gasteiger partial charge < -0.3 is 9.88 Å². The minimum atomic E-state index is 0.634. The highest BCUT2D eigenvalue weighted by Gasteiger charge is 2.29. The van der Waals surface area contributed by atoms with Gasteiger partial charge in [0.25, 0.3) is 0 Å². The van der Waals surface area contributed by atoms with Gasteiger partial charge in [0.15, 0.2) is 0 Å². The summed E-state index contributed by atoms with van der Waals surface area (Å²) in [5.74, 6) is 3.12. The van der Waals surface area contributed by atoms with E-state index in [9.17, 15) is 0 Å². The van der Waals surface area contributed by atoms with Gasteiger partial charge in [0, 0.05) is 18.4 Å². The maximum absolute atomic E-state index is 4.44. The molecule has 2 aliphatic heterocycles. The lowest BCUT2D eigenvalue weighted by atomic mass is 9.97. The van der Waals surface area contributed by atoms with Crippen LogP contribution < -0.4 is 5.32 Å². The number of aryl methyl sites for hydroxylation is 1. The molecule has 1 fully saturated rings. The number of hydrogen-bond acceptors (Lipinski definition) is 3. The number of fused-ring (bicyclic) bond motifs is 1. The van der Waals surface area contributed by atoms with Crippen molar-refractivity contribution in [3.8, 4) is 0 Å². The lowest BCUT2D eigenvalue weighted by Crippen LogP contribution is -2.28. The van der Waals surface area contributed by atoms with Crippen LogP contribution >= 0.6 is 0 Å². The second-order valence-corrected chi connectivity index (χ2v) is 4.97. The van der Waals surface area contributed by atoms with Crippen LogP contribution in [0.2, 0.25) is 0 Å². The molecule has 0 radical (unpaired) electrons. The summed E-state index contributed by atoms with van der Waals surface area (Å²) in [6.45, 7) is 4.53. The van der Waals surface area contributed by atoms with Gasteiger partial charge in [0.2, 0.25) is 0 Å². The third-order valence-corrected chi connectivity index (χ3v) is 4.03. The van der Waals surface area contributed by atoms with Crippen molar-refractivity contribution in [1.82, 2.24) is 20.1 Å². The van der Waals surface area contributed by atoms with Crippen molar-refractivity contribution in [1.29, 1.82) is 0 Å². The summed E-state index contributed by atoms with van der Waals surface area (Å²) in [6.07, 6.45) is 6.03. The average Bonchev–Trinajstić information content (AvgIpc) is 2.90. The van der Waals surface area contributed by atoms with Gasteiger partial charge in [-0.25, -0.2) is 0 Å². The second kappa shape index (κ2) is 4.17. The molecule has 0 amide bonds. The van der Waals surface area contributed by atoms with Crippen LogP contribution in [0.15, 0.2) is 0 Å². The van der Waals surface area contributed by atoms with Crippen LogP contribution in [-0.2, 0) is 6.42 Å². The molecule has 1 unspecified atom stereocenters. The molecule has 1 saturated heterocycles. The van der Waals surface area contributed by atoms with E-state index >= 15 is 0 Å². The van der Waals surface area contributed by atoms with Crippen molar-refractivity contribution in [3.05, 3.63) is 11.6 Å². The highest BCUT2D eigenvalue weighted by atomic mass is 15.3. The highest BCUT2D eigenvalue weighted by molar-refractivity contribution is 5.09. The van der Waals surface area contributed by atoms with Crippen molar-refractivity contribution >= 4 is 0 Å². The van der Waals surface area contributed by atoms with Crippen molar-refractivity contribution in [3.63, 3.8) is 0 Å². The van der Waals surface area contributed by atoms with Crippen LogP contribution in [0.5, 0.6) is 0 Å². The van der Waals surface area contributed by atoms with Crippen LogP contribution in [0.3, 0.4) is 0 Å². The first-order valence-electron chi connectivity index (χ1n) is 6.54. The maximum Gasteiger partial charge on any atom is 0.136 e. The number of aromatic nitrogens is 3. The molecule has 4 heteroatoms. The second-order valence-electron chi connectivity index (χ2n) is 4.97. The Labute approximate surface area is 96.4 Å². The fraction of sp³-hybridized carbons (Fsp3) is 0.833. The molecular formula is C12H20N4. The predicted octanol–water partition coefficient (Wildman–Crippen LogP) is 1.64. The zero-order chi connectivity index (χ0) is 11.0.